The van der Waals surface area contributed by atoms with Crippen LogP contribution >= 0.6 is 0 Å². The quantitative estimate of drug-likeness (QED) is 0.713. The van der Waals surface area contributed by atoms with Gasteiger partial charge in [0.05, 0.1) is 18.0 Å². The molecule has 0 bridgehead atoms. The molecule has 6 nitrogen and oxygen atoms in total. The molecule has 1 aromatic carbocycles. The molecule has 0 radical (unpaired) electrons. The van der Waals surface area contributed by atoms with Crippen molar-refractivity contribution in [2.45, 2.75) is 20.4 Å². The van der Waals surface area contributed by atoms with E-state index in [4.69, 9.17) is 10.3 Å². The molecule has 0 saturated heterocycles. The molecule has 0 fully saturated rings. The zero-order chi connectivity index (χ0) is 18.5. The zero-order valence-electron chi connectivity index (χ0n) is 14.5. The Morgan fingerprint density at radius 2 is 1.92 bits per heavy atom. The van der Waals surface area contributed by atoms with Gasteiger partial charge in [-0.05, 0) is 32.1 Å². The SMILES string of the molecule is Cc1cc(C)nc(C(N)=CC(=NCc2ccccc2F)c2ccon2)n1. The van der Waals surface area contributed by atoms with Crippen LogP contribution in [0.15, 0.2) is 58.3 Å². The van der Waals surface area contributed by atoms with E-state index in [2.05, 4.69) is 20.1 Å². The summed E-state index contributed by atoms with van der Waals surface area (Å²) in [6.45, 7) is 3.89. The van der Waals surface area contributed by atoms with Gasteiger partial charge < -0.3 is 10.3 Å². The second-order valence-electron chi connectivity index (χ2n) is 5.75. The standard InChI is InChI=1S/C19H18FN5O/c1-12-9-13(2)24-19(23-12)16(21)10-18(17-7-8-26-25-17)22-11-14-5-3-4-6-15(14)20/h3-10H,11,21H2,1-2H3. The number of halogens is 1. The van der Waals surface area contributed by atoms with Crippen molar-refractivity contribution < 1.29 is 8.91 Å². The van der Waals surface area contributed by atoms with Crippen molar-refractivity contribution in [1.82, 2.24) is 15.1 Å². The summed E-state index contributed by atoms with van der Waals surface area (Å²) in [5, 5.41) is 3.89. The number of rotatable bonds is 5. The van der Waals surface area contributed by atoms with E-state index >= 15 is 0 Å². The van der Waals surface area contributed by atoms with Crippen LogP contribution in [0.1, 0.15) is 28.5 Å². The zero-order valence-corrected chi connectivity index (χ0v) is 14.5. The largest absolute Gasteiger partial charge is 0.396 e. The first kappa shape index (κ1) is 17.5. The summed E-state index contributed by atoms with van der Waals surface area (Å²) in [6, 6.07) is 10.00. The molecule has 7 heteroatoms. The van der Waals surface area contributed by atoms with Crippen molar-refractivity contribution in [3.8, 4) is 0 Å². The van der Waals surface area contributed by atoms with Gasteiger partial charge in [-0.2, -0.15) is 0 Å². The lowest BCUT2D eigenvalue weighted by molar-refractivity contribution is 0.418. The van der Waals surface area contributed by atoms with E-state index in [1.165, 1.54) is 12.3 Å². The van der Waals surface area contributed by atoms with Crippen molar-refractivity contribution in [3.05, 3.63) is 83.0 Å². The van der Waals surface area contributed by atoms with Crippen LogP contribution in [0.4, 0.5) is 4.39 Å². The number of aryl methyl sites for hydroxylation is 2. The summed E-state index contributed by atoms with van der Waals surface area (Å²) in [4.78, 5) is 13.1. The molecule has 0 atom stereocenters. The third-order valence-corrected chi connectivity index (χ3v) is 3.61. The van der Waals surface area contributed by atoms with Crippen molar-refractivity contribution in [2.24, 2.45) is 10.7 Å². The van der Waals surface area contributed by atoms with E-state index in [9.17, 15) is 4.39 Å². The molecule has 2 heterocycles. The minimum absolute atomic E-state index is 0.145. The average molecular weight is 351 g/mol. The number of hydrogen-bond donors (Lipinski definition) is 1. The van der Waals surface area contributed by atoms with Crippen LogP contribution in [0.5, 0.6) is 0 Å². The van der Waals surface area contributed by atoms with Gasteiger partial charge in [-0.15, -0.1) is 0 Å². The molecule has 0 amide bonds. The molecule has 0 aliphatic heterocycles. The smallest absolute Gasteiger partial charge is 0.175 e. The highest BCUT2D eigenvalue weighted by atomic mass is 19.1. The van der Waals surface area contributed by atoms with Crippen LogP contribution in [0.2, 0.25) is 0 Å². The molecule has 0 unspecified atom stereocenters. The number of nitrogens with two attached hydrogens (primary N) is 1. The van der Waals surface area contributed by atoms with E-state index < -0.39 is 0 Å². The summed E-state index contributed by atoms with van der Waals surface area (Å²) in [5.41, 5.74) is 9.56. The van der Waals surface area contributed by atoms with E-state index in [0.29, 0.717) is 28.5 Å². The fourth-order valence-electron chi connectivity index (χ4n) is 2.41. The van der Waals surface area contributed by atoms with Gasteiger partial charge in [0.1, 0.15) is 17.8 Å². The maximum Gasteiger partial charge on any atom is 0.175 e. The minimum atomic E-state index is -0.314. The Bertz CT molecular complexity index is 944. The molecule has 0 spiro atoms. The molecule has 0 aliphatic rings. The number of allylic oxidation sites excluding steroid dienone is 1. The predicted molar refractivity (Wildman–Crippen MR) is 96.8 cm³/mol. The lowest BCUT2D eigenvalue weighted by atomic mass is 10.2. The third kappa shape index (κ3) is 4.18. The highest BCUT2D eigenvalue weighted by Gasteiger charge is 2.10. The molecule has 132 valence electrons. The first-order chi connectivity index (χ1) is 12.5. The first-order valence-electron chi connectivity index (χ1n) is 8.01. The molecule has 3 aromatic rings. The third-order valence-electron chi connectivity index (χ3n) is 3.61. The van der Waals surface area contributed by atoms with Crippen LogP contribution < -0.4 is 5.73 Å². The van der Waals surface area contributed by atoms with Gasteiger partial charge in [0.2, 0.25) is 0 Å². The molecule has 3 rings (SSSR count). The predicted octanol–water partition coefficient (Wildman–Crippen LogP) is 3.21. The second-order valence-corrected chi connectivity index (χ2v) is 5.75. The van der Waals surface area contributed by atoms with Crippen molar-refractivity contribution in [2.75, 3.05) is 0 Å². The monoisotopic (exact) mass is 351 g/mol. The van der Waals surface area contributed by atoms with Crippen molar-refractivity contribution in [1.29, 1.82) is 0 Å². The van der Waals surface area contributed by atoms with E-state index in [-0.39, 0.29) is 12.4 Å². The van der Waals surface area contributed by atoms with Gasteiger partial charge >= 0.3 is 0 Å². The Hall–Kier alpha value is -3.35. The average Bonchev–Trinajstić information content (AvgIpc) is 3.13. The lowest BCUT2D eigenvalue weighted by Crippen LogP contribution is -2.09. The highest BCUT2D eigenvalue weighted by Crippen LogP contribution is 2.12. The molecule has 2 aromatic heterocycles. The minimum Gasteiger partial charge on any atom is -0.396 e. The van der Waals surface area contributed by atoms with Crippen LogP contribution in [-0.4, -0.2) is 20.8 Å². The molecule has 0 aliphatic carbocycles. The Labute approximate surface area is 150 Å². The summed E-state index contributed by atoms with van der Waals surface area (Å²) in [6.07, 6.45) is 3.05. The number of hydrogen-bond acceptors (Lipinski definition) is 6. The van der Waals surface area contributed by atoms with Crippen LogP contribution in [0.3, 0.4) is 0 Å². The maximum absolute atomic E-state index is 13.8. The maximum atomic E-state index is 13.8. The fraction of sp³-hybridized carbons (Fsp3) is 0.158. The summed E-state index contributed by atoms with van der Waals surface area (Å²) in [5.74, 6) is 0.0925. The Kier molecular flexibility index (Phi) is 5.17. The van der Waals surface area contributed by atoms with Gasteiger partial charge in [0, 0.05) is 23.0 Å². The van der Waals surface area contributed by atoms with E-state index in [1.54, 1.807) is 30.3 Å². The van der Waals surface area contributed by atoms with E-state index in [1.807, 2.05) is 19.9 Å². The molecule has 26 heavy (non-hydrogen) atoms. The second kappa shape index (κ2) is 7.69. The Morgan fingerprint density at radius 1 is 1.19 bits per heavy atom. The molecular weight excluding hydrogens is 333 g/mol. The number of aliphatic imine (C=N–C) groups is 1. The van der Waals surface area contributed by atoms with E-state index in [0.717, 1.165) is 11.4 Å². The van der Waals surface area contributed by atoms with Gasteiger partial charge in [0.25, 0.3) is 0 Å². The van der Waals surface area contributed by atoms with Gasteiger partial charge in [-0.3, -0.25) is 4.99 Å². The van der Waals surface area contributed by atoms with Gasteiger partial charge in [-0.1, -0.05) is 23.4 Å². The Morgan fingerprint density at radius 3 is 2.58 bits per heavy atom. The van der Waals surface area contributed by atoms with Crippen LogP contribution in [0, 0.1) is 19.7 Å². The lowest BCUT2D eigenvalue weighted by Gasteiger charge is -2.05. The number of aromatic nitrogens is 3. The molecular formula is C19H18FN5O. The topological polar surface area (TPSA) is 90.2 Å². The Balaban J connectivity index is 1.96. The fourth-order valence-corrected chi connectivity index (χ4v) is 2.41. The first-order valence-corrected chi connectivity index (χ1v) is 8.01. The normalized spacial score (nSPS) is 12.4. The molecule has 2 N–H and O–H groups in total. The van der Waals surface area contributed by atoms with Crippen molar-refractivity contribution in [3.63, 3.8) is 0 Å². The molecule has 0 saturated carbocycles. The summed E-state index contributed by atoms with van der Waals surface area (Å²) >= 11 is 0. The van der Waals surface area contributed by atoms with Gasteiger partial charge in [-0.25, -0.2) is 14.4 Å². The van der Waals surface area contributed by atoms with Gasteiger partial charge in [0.15, 0.2) is 5.82 Å². The summed E-state index contributed by atoms with van der Waals surface area (Å²) in [7, 11) is 0. The van der Waals surface area contributed by atoms with Crippen LogP contribution in [0.25, 0.3) is 5.70 Å². The highest BCUT2D eigenvalue weighted by molar-refractivity contribution is 6.10. The van der Waals surface area contributed by atoms with Crippen LogP contribution in [-0.2, 0) is 6.54 Å². The number of benzene rings is 1. The number of nitrogens with zero attached hydrogens (tertiary/aromatic N) is 4. The van der Waals surface area contributed by atoms with Crippen molar-refractivity contribution >= 4 is 11.4 Å². The summed E-state index contributed by atoms with van der Waals surface area (Å²) < 4.78 is 18.7.